The number of aromatic nitrogens is 1. The normalized spacial score (nSPS) is 16.9. The summed E-state index contributed by atoms with van der Waals surface area (Å²) >= 11 is 0. The third-order valence-corrected chi connectivity index (χ3v) is 5.21. The monoisotopic (exact) mass is 378 g/mol. The van der Waals surface area contributed by atoms with Crippen LogP contribution in [-0.4, -0.2) is 39.8 Å². The Morgan fingerprint density at radius 1 is 1.26 bits per heavy atom. The van der Waals surface area contributed by atoms with Gasteiger partial charge >= 0.3 is 5.97 Å². The summed E-state index contributed by atoms with van der Waals surface area (Å²) < 4.78 is 7.86. The molecule has 0 aromatic carbocycles. The van der Waals surface area contributed by atoms with E-state index in [9.17, 15) is 14.7 Å². The number of nitrogens with zero attached hydrogens (tertiary/aromatic N) is 1. The van der Waals surface area contributed by atoms with Gasteiger partial charge < -0.3 is 19.7 Å². The van der Waals surface area contributed by atoms with E-state index < -0.39 is 12.0 Å². The molecule has 6 heteroatoms. The molecule has 1 aliphatic carbocycles. The molecule has 1 aromatic rings. The highest BCUT2D eigenvalue weighted by Gasteiger charge is 2.26. The number of rotatable bonds is 7. The zero-order chi connectivity index (χ0) is 20.2. The van der Waals surface area contributed by atoms with Crippen molar-refractivity contribution in [3.8, 4) is 0 Å². The van der Waals surface area contributed by atoms with E-state index in [1.54, 1.807) is 0 Å². The third kappa shape index (κ3) is 5.83. The highest BCUT2D eigenvalue weighted by Crippen LogP contribution is 2.32. The van der Waals surface area contributed by atoms with Crippen LogP contribution < -0.4 is 5.32 Å². The molecule has 1 atom stereocenters. The maximum Gasteiger partial charge on any atom is 0.326 e. The molecule has 1 heterocycles. The Bertz CT molecular complexity index is 666. The molecule has 0 radical (unpaired) electrons. The number of carboxylic acid groups (broad SMARTS) is 1. The lowest BCUT2D eigenvalue weighted by Gasteiger charge is -2.26. The Labute approximate surface area is 162 Å². The molecule has 0 saturated heterocycles. The van der Waals surface area contributed by atoms with Crippen molar-refractivity contribution in [1.29, 1.82) is 0 Å². The fraction of sp³-hybridized carbons (Fsp3) is 0.714. The van der Waals surface area contributed by atoms with Crippen molar-refractivity contribution in [3.05, 3.63) is 23.0 Å². The lowest BCUT2D eigenvalue weighted by molar-refractivity contribution is -0.140. The molecule has 0 aliphatic heterocycles. The van der Waals surface area contributed by atoms with E-state index in [4.69, 9.17) is 4.74 Å². The standard InChI is InChI=1S/C21H34N2O4/c1-14-13-17(15(2)23(14)16-9-7-6-8-10-16)19(24)22-18(20(25)26)11-12-27-21(3,4)5/h13,16,18H,6-12H2,1-5H3,(H,22,24)(H,25,26). The Balaban J connectivity index is 2.08. The van der Waals surface area contributed by atoms with E-state index in [1.807, 2.05) is 40.7 Å². The Hall–Kier alpha value is -1.82. The van der Waals surface area contributed by atoms with E-state index in [0.29, 0.717) is 11.6 Å². The summed E-state index contributed by atoms with van der Waals surface area (Å²) in [5.74, 6) is -1.37. The molecule has 152 valence electrons. The summed E-state index contributed by atoms with van der Waals surface area (Å²) in [7, 11) is 0. The number of carboxylic acids is 1. The molecule has 1 saturated carbocycles. The van der Waals surface area contributed by atoms with Gasteiger partial charge in [-0.3, -0.25) is 4.79 Å². The average molecular weight is 379 g/mol. The molecular formula is C21H34N2O4. The van der Waals surface area contributed by atoms with E-state index in [1.165, 1.54) is 19.3 Å². The molecule has 0 spiro atoms. The predicted octanol–water partition coefficient (Wildman–Crippen LogP) is 4.00. The first-order valence-corrected chi connectivity index (χ1v) is 9.96. The van der Waals surface area contributed by atoms with Gasteiger partial charge in [0.1, 0.15) is 6.04 Å². The minimum Gasteiger partial charge on any atom is -0.480 e. The van der Waals surface area contributed by atoms with Crippen LogP contribution >= 0.6 is 0 Å². The second-order valence-electron chi connectivity index (χ2n) is 8.56. The SMILES string of the molecule is Cc1cc(C(=O)NC(CCOC(C)(C)C)C(=O)O)c(C)n1C1CCCCC1. The van der Waals surface area contributed by atoms with Crippen molar-refractivity contribution in [2.45, 2.75) is 90.8 Å². The number of hydrogen-bond acceptors (Lipinski definition) is 3. The molecule has 1 fully saturated rings. The summed E-state index contributed by atoms with van der Waals surface area (Å²) in [5.41, 5.74) is 2.22. The van der Waals surface area contributed by atoms with Crippen LogP contribution in [0.4, 0.5) is 0 Å². The second-order valence-corrected chi connectivity index (χ2v) is 8.56. The zero-order valence-corrected chi connectivity index (χ0v) is 17.3. The number of amides is 1. The number of carbonyl (C=O) groups is 2. The van der Waals surface area contributed by atoms with Crippen LogP contribution in [0.25, 0.3) is 0 Å². The highest BCUT2D eigenvalue weighted by molar-refractivity contribution is 5.97. The number of hydrogen-bond donors (Lipinski definition) is 2. The van der Waals surface area contributed by atoms with E-state index in [0.717, 1.165) is 24.2 Å². The summed E-state index contributed by atoms with van der Waals surface area (Å²) in [5, 5.41) is 12.1. The third-order valence-electron chi connectivity index (χ3n) is 5.21. The van der Waals surface area contributed by atoms with Gasteiger partial charge in [0.05, 0.1) is 11.2 Å². The summed E-state index contributed by atoms with van der Waals surface area (Å²) in [6.07, 6.45) is 6.23. The molecule has 1 unspecified atom stereocenters. The van der Waals surface area contributed by atoms with E-state index >= 15 is 0 Å². The molecular weight excluding hydrogens is 344 g/mol. The smallest absolute Gasteiger partial charge is 0.326 e. The fourth-order valence-corrected chi connectivity index (χ4v) is 3.88. The van der Waals surface area contributed by atoms with Gasteiger partial charge in [-0.05, 0) is 53.5 Å². The minimum atomic E-state index is -1.04. The molecule has 27 heavy (non-hydrogen) atoms. The van der Waals surface area contributed by atoms with Gasteiger partial charge in [-0.15, -0.1) is 0 Å². The molecule has 0 bridgehead atoms. The van der Waals surface area contributed by atoms with Crippen LogP contribution in [0.1, 0.15) is 87.1 Å². The van der Waals surface area contributed by atoms with Crippen molar-refractivity contribution in [3.63, 3.8) is 0 Å². The van der Waals surface area contributed by atoms with Crippen LogP contribution in [-0.2, 0) is 9.53 Å². The zero-order valence-electron chi connectivity index (χ0n) is 17.3. The first-order chi connectivity index (χ1) is 12.6. The van der Waals surface area contributed by atoms with Crippen molar-refractivity contribution in [2.75, 3.05) is 6.61 Å². The number of aliphatic carboxylic acids is 1. The molecule has 1 aliphatic rings. The predicted molar refractivity (Wildman–Crippen MR) is 105 cm³/mol. The summed E-state index contributed by atoms with van der Waals surface area (Å²) in [6, 6.07) is 1.36. The topological polar surface area (TPSA) is 80.6 Å². The summed E-state index contributed by atoms with van der Waals surface area (Å²) in [4.78, 5) is 24.3. The molecule has 2 N–H and O–H groups in total. The summed E-state index contributed by atoms with van der Waals surface area (Å²) in [6.45, 7) is 10.0. The second kappa shape index (κ2) is 8.91. The van der Waals surface area contributed by atoms with Gasteiger partial charge in [-0.25, -0.2) is 4.79 Å². The van der Waals surface area contributed by atoms with Gasteiger partial charge in [0.25, 0.3) is 5.91 Å². The van der Waals surface area contributed by atoms with Crippen molar-refractivity contribution in [1.82, 2.24) is 9.88 Å². The van der Waals surface area contributed by atoms with Crippen LogP contribution in [0.15, 0.2) is 6.07 Å². The van der Waals surface area contributed by atoms with E-state index in [2.05, 4.69) is 9.88 Å². The number of aryl methyl sites for hydroxylation is 1. The van der Waals surface area contributed by atoms with Crippen molar-refractivity contribution < 1.29 is 19.4 Å². The first kappa shape index (κ1) is 21.5. The van der Waals surface area contributed by atoms with Gasteiger partial charge in [-0.1, -0.05) is 19.3 Å². The number of nitrogens with one attached hydrogen (secondary N) is 1. The quantitative estimate of drug-likeness (QED) is 0.751. The maximum atomic E-state index is 12.8. The Morgan fingerprint density at radius 2 is 1.89 bits per heavy atom. The Morgan fingerprint density at radius 3 is 2.44 bits per heavy atom. The highest BCUT2D eigenvalue weighted by atomic mass is 16.5. The average Bonchev–Trinajstić information content (AvgIpc) is 2.88. The van der Waals surface area contributed by atoms with Gasteiger partial charge in [0.15, 0.2) is 0 Å². The molecule has 6 nitrogen and oxygen atoms in total. The lowest BCUT2D eigenvalue weighted by Crippen LogP contribution is -2.42. The van der Waals surface area contributed by atoms with E-state index in [-0.39, 0.29) is 24.5 Å². The van der Waals surface area contributed by atoms with Crippen molar-refractivity contribution >= 4 is 11.9 Å². The van der Waals surface area contributed by atoms with Crippen molar-refractivity contribution in [2.24, 2.45) is 0 Å². The van der Waals surface area contributed by atoms with Gasteiger partial charge in [-0.2, -0.15) is 0 Å². The van der Waals surface area contributed by atoms with Crippen LogP contribution in [0.3, 0.4) is 0 Å². The maximum absolute atomic E-state index is 12.8. The van der Waals surface area contributed by atoms with Gasteiger partial charge in [0, 0.05) is 30.5 Å². The molecule has 2 rings (SSSR count). The lowest BCUT2D eigenvalue weighted by atomic mass is 9.95. The Kier molecular flexibility index (Phi) is 7.09. The fourth-order valence-electron chi connectivity index (χ4n) is 3.88. The van der Waals surface area contributed by atoms with Crippen LogP contribution in [0, 0.1) is 13.8 Å². The van der Waals surface area contributed by atoms with Gasteiger partial charge in [0.2, 0.25) is 0 Å². The number of carbonyl (C=O) groups excluding carboxylic acids is 1. The van der Waals surface area contributed by atoms with Crippen LogP contribution in [0.5, 0.6) is 0 Å². The van der Waals surface area contributed by atoms with Crippen LogP contribution in [0.2, 0.25) is 0 Å². The molecule has 1 aromatic heterocycles. The largest absolute Gasteiger partial charge is 0.480 e. The first-order valence-electron chi connectivity index (χ1n) is 9.96. The molecule has 1 amide bonds. The minimum absolute atomic E-state index is 0.236. The number of ether oxygens (including phenoxy) is 1.